The zero-order valence-corrected chi connectivity index (χ0v) is 32.1. The maximum atomic E-state index is 12.6. The molecular formula is C42H70NO7+. The minimum Gasteiger partial charge on any atom is -0.477 e. The minimum absolute atomic E-state index is 0.0317. The number of carbonyl (C=O) groups is 3. The van der Waals surface area contributed by atoms with Crippen LogP contribution >= 0.6 is 0 Å². The number of rotatable bonds is 32. The Labute approximate surface area is 304 Å². The Morgan fingerprint density at radius 1 is 0.620 bits per heavy atom. The number of quaternary nitrogens is 1. The summed E-state index contributed by atoms with van der Waals surface area (Å²) < 4.78 is 17.0. The van der Waals surface area contributed by atoms with E-state index in [0.29, 0.717) is 19.3 Å². The molecule has 50 heavy (non-hydrogen) atoms. The second kappa shape index (κ2) is 32.9. The Balaban J connectivity index is 4.46. The number of carboxylic acid groups (broad SMARTS) is 1. The molecule has 0 aliphatic carbocycles. The SMILES string of the molecule is CC/C=C/C/C=C/C/C=C/C/C=C/C/C=C/CCCCCC(=O)OC(COCCC(C(=O)O)[N+](C)(C)C)COC(=O)CC/C=C/CCCCC. The highest BCUT2D eigenvalue weighted by molar-refractivity contribution is 5.72. The number of hydrogen-bond acceptors (Lipinski definition) is 6. The fraction of sp³-hybridized carbons (Fsp3) is 0.643. The van der Waals surface area contributed by atoms with Crippen LogP contribution < -0.4 is 0 Å². The van der Waals surface area contributed by atoms with Gasteiger partial charge >= 0.3 is 17.9 Å². The zero-order chi connectivity index (χ0) is 37.1. The summed E-state index contributed by atoms with van der Waals surface area (Å²) in [5, 5.41) is 9.56. The van der Waals surface area contributed by atoms with Gasteiger partial charge in [0, 0.05) is 19.3 Å². The molecule has 0 saturated carbocycles. The van der Waals surface area contributed by atoms with Crippen LogP contribution in [0.2, 0.25) is 0 Å². The van der Waals surface area contributed by atoms with Gasteiger partial charge in [-0.3, -0.25) is 9.59 Å². The number of allylic oxidation sites excluding steroid dienone is 12. The van der Waals surface area contributed by atoms with E-state index in [1.807, 2.05) is 27.2 Å². The summed E-state index contributed by atoms with van der Waals surface area (Å²) in [4.78, 5) is 36.6. The van der Waals surface area contributed by atoms with E-state index in [-0.39, 0.29) is 49.1 Å². The quantitative estimate of drug-likeness (QED) is 0.0323. The lowest BCUT2D eigenvalue weighted by Crippen LogP contribution is -2.50. The van der Waals surface area contributed by atoms with Crippen molar-refractivity contribution < 1.29 is 38.2 Å². The number of carbonyl (C=O) groups excluding carboxylic acids is 2. The summed E-state index contributed by atoms with van der Waals surface area (Å²) in [6.45, 7) is 4.44. The summed E-state index contributed by atoms with van der Waals surface area (Å²) in [6.07, 6.45) is 39.8. The first-order chi connectivity index (χ1) is 24.1. The van der Waals surface area contributed by atoms with Crippen LogP contribution in [-0.2, 0) is 28.6 Å². The summed E-state index contributed by atoms with van der Waals surface area (Å²) in [5.74, 6) is -1.59. The lowest BCUT2D eigenvalue weighted by Gasteiger charge is -2.31. The van der Waals surface area contributed by atoms with Gasteiger partial charge in [0.15, 0.2) is 12.1 Å². The molecule has 1 N–H and O–H groups in total. The molecule has 284 valence electrons. The van der Waals surface area contributed by atoms with Crippen LogP contribution in [-0.4, -0.2) is 80.6 Å². The normalized spacial score (nSPS) is 13.9. The van der Waals surface area contributed by atoms with E-state index in [1.165, 1.54) is 12.8 Å². The van der Waals surface area contributed by atoms with Gasteiger partial charge in [-0.15, -0.1) is 0 Å². The van der Waals surface area contributed by atoms with Crippen molar-refractivity contribution in [2.75, 3.05) is 41.0 Å². The van der Waals surface area contributed by atoms with Gasteiger partial charge < -0.3 is 23.8 Å². The van der Waals surface area contributed by atoms with Crippen molar-refractivity contribution in [2.24, 2.45) is 0 Å². The van der Waals surface area contributed by atoms with Gasteiger partial charge in [-0.05, 0) is 70.6 Å². The maximum Gasteiger partial charge on any atom is 0.362 e. The lowest BCUT2D eigenvalue weighted by atomic mass is 10.1. The first kappa shape index (κ1) is 46.8. The molecule has 2 unspecified atom stereocenters. The predicted octanol–water partition coefficient (Wildman–Crippen LogP) is 9.63. The molecular weight excluding hydrogens is 630 g/mol. The first-order valence-electron chi connectivity index (χ1n) is 19.0. The molecule has 0 rings (SSSR count). The summed E-state index contributed by atoms with van der Waals surface area (Å²) in [7, 11) is 5.48. The average Bonchev–Trinajstić information content (AvgIpc) is 3.06. The molecule has 0 aliphatic heterocycles. The van der Waals surface area contributed by atoms with E-state index in [4.69, 9.17) is 14.2 Å². The average molecular weight is 701 g/mol. The van der Waals surface area contributed by atoms with Gasteiger partial charge in [-0.2, -0.15) is 0 Å². The number of ether oxygens (including phenoxy) is 3. The van der Waals surface area contributed by atoms with Gasteiger partial charge in [0.05, 0.1) is 34.4 Å². The van der Waals surface area contributed by atoms with Crippen LogP contribution in [0.3, 0.4) is 0 Å². The molecule has 8 heteroatoms. The van der Waals surface area contributed by atoms with Crippen molar-refractivity contribution in [1.82, 2.24) is 0 Å². The van der Waals surface area contributed by atoms with Crippen molar-refractivity contribution in [3.63, 3.8) is 0 Å². The van der Waals surface area contributed by atoms with Crippen LogP contribution in [0.5, 0.6) is 0 Å². The maximum absolute atomic E-state index is 12.6. The Hall–Kier alpha value is -3.23. The van der Waals surface area contributed by atoms with Crippen LogP contribution in [0.4, 0.5) is 0 Å². The molecule has 8 nitrogen and oxygen atoms in total. The van der Waals surface area contributed by atoms with Gasteiger partial charge in [0.1, 0.15) is 6.61 Å². The van der Waals surface area contributed by atoms with Crippen LogP contribution in [0, 0.1) is 0 Å². The molecule has 0 bridgehead atoms. The molecule has 0 heterocycles. The Kier molecular flexibility index (Phi) is 30.8. The molecule has 0 aromatic rings. The van der Waals surface area contributed by atoms with Gasteiger partial charge in [0.25, 0.3) is 0 Å². The van der Waals surface area contributed by atoms with Gasteiger partial charge in [-0.25, -0.2) is 4.79 Å². The highest BCUT2D eigenvalue weighted by Gasteiger charge is 2.31. The molecule has 0 fully saturated rings. The number of unbranched alkanes of at least 4 members (excludes halogenated alkanes) is 6. The number of nitrogens with zero attached hydrogens (tertiary/aromatic N) is 1. The molecule has 0 radical (unpaired) electrons. The van der Waals surface area contributed by atoms with Gasteiger partial charge in [0.2, 0.25) is 0 Å². The lowest BCUT2D eigenvalue weighted by molar-refractivity contribution is -0.887. The number of esters is 2. The zero-order valence-electron chi connectivity index (χ0n) is 32.1. The number of hydrogen-bond donors (Lipinski definition) is 1. The minimum atomic E-state index is -0.890. The number of likely N-dealkylation sites (N-methyl/N-ethyl adjacent to an activating group) is 1. The summed E-state index contributed by atoms with van der Waals surface area (Å²) >= 11 is 0. The van der Waals surface area contributed by atoms with Crippen LogP contribution in [0.25, 0.3) is 0 Å². The first-order valence-corrected chi connectivity index (χ1v) is 19.0. The van der Waals surface area contributed by atoms with E-state index in [1.54, 1.807) is 0 Å². The predicted molar refractivity (Wildman–Crippen MR) is 206 cm³/mol. The fourth-order valence-electron chi connectivity index (χ4n) is 4.90. The van der Waals surface area contributed by atoms with Gasteiger partial charge in [-0.1, -0.05) is 106 Å². The van der Waals surface area contributed by atoms with E-state index in [9.17, 15) is 19.5 Å². The van der Waals surface area contributed by atoms with E-state index < -0.39 is 18.1 Å². The summed E-state index contributed by atoms with van der Waals surface area (Å²) in [5.41, 5.74) is 0. The fourth-order valence-corrected chi connectivity index (χ4v) is 4.90. The van der Waals surface area contributed by atoms with Crippen molar-refractivity contribution in [3.05, 3.63) is 72.9 Å². The molecule has 0 spiro atoms. The van der Waals surface area contributed by atoms with E-state index >= 15 is 0 Å². The molecule has 0 aromatic carbocycles. The molecule has 2 atom stereocenters. The largest absolute Gasteiger partial charge is 0.477 e. The third-order valence-corrected chi connectivity index (χ3v) is 7.85. The Bertz CT molecular complexity index is 1050. The third kappa shape index (κ3) is 30.8. The molecule has 0 aliphatic rings. The smallest absolute Gasteiger partial charge is 0.362 e. The molecule has 0 saturated heterocycles. The highest BCUT2D eigenvalue weighted by atomic mass is 16.6. The Morgan fingerprint density at radius 3 is 1.72 bits per heavy atom. The van der Waals surface area contributed by atoms with Crippen molar-refractivity contribution in [3.8, 4) is 0 Å². The van der Waals surface area contributed by atoms with E-state index in [2.05, 4.69) is 80.7 Å². The summed E-state index contributed by atoms with van der Waals surface area (Å²) in [6, 6.07) is -0.626. The number of carboxylic acids is 1. The number of aliphatic carboxylic acids is 1. The second-order valence-corrected chi connectivity index (χ2v) is 13.4. The third-order valence-electron chi connectivity index (χ3n) is 7.85. The van der Waals surface area contributed by atoms with Crippen molar-refractivity contribution >= 4 is 17.9 Å². The highest BCUT2D eigenvalue weighted by Crippen LogP contribution is 2.11. The van der Waals surface area contributed by atoms with Crippen molar-refractivity contribution in [2.45, 2.75) is 135 Å². The van der Waals surface area contributed by atoms with Crippen LogP contribution in [0.15, 0.2) is 72.9 Å². The monoisotopic (exact) mass is 701 g/mol. The second-order valence-electron chi connectivity index (χ2n) is 13.4. The standard InChI is InChI=1S/C42H69NO7/c1-6-8-10-12-14-15-16-17-18-19-20-21-22-23-24-25-27-29-31-33-41(45)50-38(36-48-35-34-39(42(46)47)43(3,4)5)37-49-40(44)32-30-28-26-13-11-9-7-2/h8,10,14-15,17-18,20-21,23-24,26,28,38-39H,6-7,9,11-13,16,19,22,25,27,29-37H2,1-5H3/p+1/b10-8+,15-14+,18-17+,21-20+,24-23+,28-26+. The van der Waals surface area contributed by atoms with Crippen LogP contribution in [0.1, 0.15) is 123 Å². The topological polar surface area (TPSA) is 99.1 Å². The van der Waals surface area contributed by atoms with E-state index in [0.717, 1.165) is 64.2 Å². The molecule has 0 amide bonds. The Morgan fingerprint density at radius 2 is 1.16 bits per heavy atom. The van der Waals surface area contributed by atoms with Crippen molar-refractivity contribution in [1.29, 1.82) is 0 Å². The molecule has 0 aromatic heterocycles.